The third-order valence-electron chi connectivity index (χ3n) is 4.47. The Balaban J connectivity index is 2.23. The molecule has 0 spiro atoms. The third kappa shape index (κ3) is 5.96. The van der Waals surface area contributed by atoms with Crippen molar-refractivity contribution in [1.82, 2.24) is 10.3 Å². The molecule has 1 saturated heterocycles. The Hall–Kier alpha value is -1.57. The quantitative estimate of drug-likeness (QED) is 0.772. The fraction of sp³-hybridized carbons (Fsp3) is 0.579. The molecule has 1 fully saturated rings. The highest BCUT2D eigenvalue weighted by molar-refractivity contribution is 6.56. The van der Waals surface area contributed by atoms with Gasteiger partial charge in [0.2, 0.25) is 0 Å². The van der Waals surface area contributed by atoms with Crippen molar-refractivity contribution >= 4 is 30.9 Å². The summed E-state index contributed by atoms with van der Waals surface area (Å²) in [5.74, 6) is 0. The Kier molecular flexibility index (Phi) is 6.29. The number of pyridine rings is 1. The minimum Gasteiger partial charge on any atom is -0.444 e. The molecule has 2 rings (SSSR count). The van der Waals surface area contributed by atoms with Crippen molar-refractivity contribution in [3.05, 3.63) is 34.5 Å². The highest BCUT2D eigenvalue weighted by Crippen LogP contribution is 2.38. The van der Waals surface area contributed by atoms with Crippen molar-refractivity contribution in [2.45, 2.75) is 65.3 Å². The second kappa shape index (κ2) is 7.82. The van der Waals surface area contributed by atoms with Crippen LogP contribution in [0.5, 0.6) is 0 Å². The molecule has 0 aliphatic carbocycles. The molecular formula is C19H28BClN2O4. The van der Waals surface area contributed by atoms with Crippen LogP contribution in [0.3, 0.4) is 0 Å². The number of carbonyl (C=O) groups excluding carboxylic acids is 1. The first-order valence-corrected chi connectivity index (χ1v) is 9.31. The zero-order valence-corrected chi connectivity index (χ0v) is 17.8. The number of hydrogen-bond acceptors (Lipinski definition) is 5. The van der Waals surface area contributed by atoms with Crippen LogP contribution in [-0.2, 0) is 14.0 Å². The van der Waals surface area contributed by atoms with Crippen LogP contribution in [0.1, 0.15) is 54.2 Å². The molecule has 27 heavy (non-hydrogen) atoms. The number of aromatic nitrogens is 1. The van der Waals surface area contributed by atoms with E-state index in [2.05, 4.69) is 10.3 Å². The van der Waals surface area contributed by atoms with Crippen LogP contribution in [0.25, 0.3) is 6.08 Å². The molecule has 0 unspecified atom stereocenters. The smallest absolute Gasteiger partial charge is 0.444 e. The van der Waals surface area contributed by atoms with Gasteiger partial charge in [0.15, 0.2) is 0 Å². The zero-order chi connectivity index (χ0) is 20.5. The van der Waals surface area contributed by atoms with E-state index in [0.29, 0.717) is 16.2 Å². The molecule has 0 aromatic carbocycles. The first-order chi connectivity index (χ1) is 12.3. The molecule has 2 heterocycles. The summed E-state index contributed by atoms with van der Waals surface area (Å²) in [4.78, 5) is 16.4. The second-order valence-electron chi connectivity index (χ2n) is 8.56. The summed E-state index contributed by atoms with van der Waals surface area (Å²) >= 11 is 6.06. The van der Waals surface area contributed by atoms with Gasteiger partial charge in [0.1, 0.15) is 5.60 Å². The van der Waals surface area contributed by atoms with E-state index in [4.69, 9.17) is 25.6 Å². The number of carbonyl (C=O) groups is 1. The van der Waals surface area contributed by atoms with Gasteiger partial charge >= 0.3 is 13.2 Å². The third-order valence-corrected chi connectivity index (χ3v) is 4.70. The van der Waals surface area contributed by atoms with E-state index in [1.165, 1.54) is 0 Å². The Labute approximate surface area is 166 Å². The standard InChI is InChI=1S/C19H28BClN2O4/c1-17(2,3)25-16(24)23-12-13(10-15-11-14(21)8-9-22-15)20-26-18(4,5)19(6,7)27-20/h8-11H,12H2,1-7H3,(H,23,24). The summed E-state index contributed by atoms with van der Waals surface area (Å²) in [7, 11) is -0.620. The first-order valence-electron chi connectivity index (χ1n) is 8.94. The summed E-state index contributed by atoms with van der Waals surface area (Å²) in [5.41, 5.74) is -0.200. The van der Waals surface area contributed by atoms with Crippen molar-refractivity contribution in [2.75, 3.05) is 6.54 Å². The molecule has 6 nitrogen and oxygen atoms in total. The van der Waals surface area contributed by atoms with E-state index in [0.717, 1.165) is 0 Å². The van der Waals surface area contributed by atoms with Crippen LogP contribution in [0, 0.1) is 0 Å². The predicted octanol–water partition coefficient (Wildman–Crippen LogP) is 4.27. The minimum absolute atomic E-state index is 0.194. The molecule has 1 aromatic heterocycles. The molecule has 8 heteroatoms. The summed E-state index contributed by atoms with van der Waals surface area (Å²) in [6.45, 7) is 13.5. The van der Waals surface area contributed by atoms with Crippen LogP contribution in [0.4, 0.5) is 4.79 Å². The van der Waals surface area contributed by atoms with E-state index in [1.807, 2.05) is 54.5 Å². The lowest BCUT2D eigenvalue weighted by Gasteiger charge is -2.32. The van der Waals surface area contributed by atoms with Gasteiger partial charge in [0.05, 0.1) is 16.9 Å². The van der Waals surface area contributed by atoms with Crippen molar-refractivity contribution in [3.63, 3.8) is 0 Å². The lowest BCUT2D eigenvalue weighted by atomic mass is 9.77. The molecule has 148 valence electrons. The number of nitrogens with zero attached hydrogens (tertiary/aromatic N) is 1. The maximum atomic E-state index is 12.1. The van der Waals surface area contributed by atoms with Gasteiger partial charge in [-0.15, -0.1) is 0 Å². The van der Waals surface area contributed by atoms with Gasteiger partial charge in [0.25, 0.3) is 0 Å². The highest BCUT2D eigenvalue weighted by Gasteiger charge is 2.52. The number of nitrogens with one attached hydrogen (secondary N) is 1. The van der Waals surface area contributed by atoms with Crippen LogP contribution in [0.2, 0.25) is 5.02 Å². The molecule has 1 aliphatic rings. The molecule has 0 atom stereocenters. The van der Waals surface area contributed by atoms with Gasteiger partial charge in [-0.1, -0.05) is 11.6 Å². The Bertz CT molecular complexity index is 713. The normalized spacial score (nSPS) is 19.1. The molecule has 0 saturated carbocycles. The van der Waals surface area contributed by atoms with Gasteiger partial charge in [-0.2, -0.15) is 0 Å². The van der Waals surface area contributed by atoms with Crippen LogP contribution in [-0.4, -0.2) is 41.5 Å². The van der Waals surface area contributed by atoms with Gasteiger partial charge in [-0.05, 0) is 72.1 Å². The number of alkyl carbamates (subject to hydrolysis) is 1. The van der Waals surface area contributed by atoms with Crippen LogP contribution < -0.4 is 5.32 Å². The lowest BCUT2D eigenvalue weighted by Crippen LogP contribution is -2.41. The maximum Gasteiger partial charge on any atom is 0.492 e. The number of amides is 1. The van der Waals surface area contributed by atoms with Crippen molar-refractivity contribution in [2.24, 2.45) is 0 Å². The van der Waals surface area contributed by atoms with Gasteiger partial charge < -0.3 is 19.4 Å². The zero-order valence-electron chi connectivity index (χ0n) is 17.1. The summed E-state index contributed by atoms with van der Waals surface area (Å²) in [6.07, 6.45) is 2.92. The SMILES string of the molecule is CC(C)(C)OC(=O)NCC(=Cc1cc(Cl)ccn1)B1OC(C)(C)C(C)(C)O1. The molecular weight excluding hydrogens is 366 g/mol. The van der Waals surface area contributed by atoms with E-state index in [9.17, 15) is 4.79 Å². The second-order valence-corrected chi connectivity index (χ2v) is 9.00. The number of ether oxygens (including phenoxy) is 1. The average molecular weight is 395 g/mol. The number of halogens is 1. The van der Waals surface area contributed by atoms with E-state index >= 15 is 0 Å². The molecule has 1 N–H and O–H groups in total. The monoisotopic (exact) mass is 394 g/mol. The Morgan fingerprint density at radius 2 is 1.89 bits per heavy atom. The number of rotatable bonds is 4. The Morgan fingerprint density at radius 3 is 2.41 bits per heavy atom. The Morgan fingerprint density at radius 1 is 1.30 bits per heavy atom. The largest absolute Gasteiger partial charge is 0.492 e. The number of hydrogen-bond donors (Lipinski definition) is 1. The average Bonchev–Trinajstić information content (AvgIpc) is 2.70. The predicted molar refractivity (Wildman–Crippen MR) is 108 cm³/mol. The maximum absolute atomic E-state index is 12.1. The first kappa shape index (κ1) is 21.7. The highest BCUT2D eigenvalue weighted by atomic mass is 35.5. The molecule has 0 radical (unpaired) electrons. The molecule has 0 bridgehead atoms. The summed E-state index contributed by atoms with van der Waals surface area (Å²) < 4.78 is 17.5. The van der Waals surface area contributed by atoms with Crippen molar-refractivity contribution in [1.29, 1.82) is 0 Å². The fourth-order valence-electron chi connectivity index (χ4n) is 2.38. The van der Waals surface area contributed by atoms with E-state index in [1.54, 1.807) is 18.3 Å². The van der Waals surface area contributed by atoms with Gasteiger partial charge in [0, 0.05) is 17.8 Å². The van der Waals surface area contributed by atoms with Gasteiger partial charge in [-0.3, -0.25) is 4.98 Å². The molecule has 1 aliphatic heterocycles. The lowest BCUT2D eigenvalue weighted by molar-refractivity contribution is 0.00578. The molecule has 1 amide bonds. The molecule has 1 aromatic rings. The topological polar surface area (TPSA) is 69.7 Å². The van der Waals surface area contributed by atoms with E-state index in [-0.39, 0.29) is 6.54 Å². The van der Waals surface area contributed by atoms with E-state index < -0.39 is 30.0 Å². The summed E-state index contributed by atoms with van der Waals surface area (Å²) in [5, 5.41) is 3.33. The van der Waals surface area contributed by atoms with Crippen molar-refractivity contribution in [3.8, 4) is 0 Å². The summed E-state index contributed by atoms with van der Waals surface area (Å²) in [6, 6.07) is 3.44. The minimum atomic E-state index is -0.620. The van der Waals surface area contributed by atoms with Crippen LogP contribution in [0.15, 0.2) is 23.8 Å². The fourth-order valence-corrected chi connectivity index (χ4v) is 2.54. The van der Waals surface area contributed by atoms with Crippen LogP contribution >= 0.6 is 11.6 Å². The van der Waals surface area contributed by atoms with Gasteiger partial charge in [-0.25, -0.2) is 4.79 Å². The van der Waals surface area contributed by atoms with Crippen molar-refractivity contribution < 1.29 is 18.8 Å².